The van der Waals surface area contributed by atoms with Gasteiger partial charge in [0.15, 0.2) is 0 Å². The molecule has 1 unspecified atom stereocenters. The van der Waals surface area contributed by atoms with Crippen molar-refractivity contribution in [1.29, 1.82) is 0 Å². The highest BCUT2D eigenvalue weighted by atomic mass is 16.5. The lowest BCUT2D eigenvalue weighted by Gasteiger charge is -2.07. The molecule has 0 saturated heterocycles. The fourth-order valence-corrected chi connectivity index (χ4v) is 1.36. The lowest BCUT2D eigenvalue weighted by atomic mass is 10.1. The van der Waals surface area contributed by atoms with Crippen molar-refractivity contribution < 1.29 is 9.53 Å². The van der Waals surface area contributed by atoms with Crippen LogP contribution in [0, 0.1) is 0 Å². The zero-order chi connectivity index (χ0) is 12.0. The molecule has 88 valence electrons. The summed E-state index contributed by atoms with van der Waals surface area (Å²) in [6.07, 6.45) is 2.12. The molecule has 0 radical (unpaired) electrons. The zero-order valence-corrected chi connectivity index (χ0v) is 9.35. The van der Waals surface area contributed by atoms with Gasteiger partial charge in [0.25, 0.3) is 0 Å². The quantitative estimate of drug-likeness (QED) is 0.722. The lowest BCUT2D eigenvalue weighted by molar-refractivity contribution is -0.119. The second-order valence-electron chi connectivity index (χ2n) is 3.57. The Morgan fingerprint density at radius 1 is 1.56 bits per heavy atom. The van der Waals surface area contributed by atoms with E-state index in [-0.39, 0.29) is 0 Å². The molecule has 0 aliphatic rings. The molecule has 1 rings (SSSR count). The summed E-state index contributed by atoms with van der Waals surface area (Å²) in [5, 5.41) is 0. The third-order valence-corrected chi connectivity index (χ3v) is 2.30. The van der Waals surface area contributed by atoms with Gasteiger partial charge in [-0.25, -0.2) is 4.98 Å². The van der Waals surface area contributed by atoms with Gasteiger partial charge in [-0.1, -0.05) is 6.07 Å². The summed E-state index contributed by atoms with van der Waals surface area (Å²) in [4.78, 5) is 15.0. The highest BCUT2D eigenvalue weighted by molar-refractivity contribution is 5.79. The first kappa shape index (κ1) is 12.4. The number of carbonyl (C=O) groups is 1. The number of carbonyl (C=O) groups excluding carboxylic acids is 1. The molecule has 1 aromatic heterocycles. The molecule has 0 spiro atoms. The van der Waals surface area contributed by atoms with Gasteiger partial charge in [0.05, 0.1) is 13.2 Å². The van der Waals surface area contributed by atoms with E-state index < -0.39 is 11.9 Å². The largest absolute Gasteiger partial charge is 0.481 e. The number of aryl methyl sites for hydroxylation is 1. The molecular formula is C11H17N3O2. The number of ether oxygens (including phenoxy) is 1. The van der Waals surface area contributed by atoms with Crippen LogP contribution in [0.4, 0.5) is 0 Å². The summed E-state index contributed by atoms with van der Waals surface area (Å²) < 4.78 is 5.01. The van der Waals surface area contributed by atoms with Crippen LogP contribution >= 0.6 is 0 Å². The first-order chi connectivity index (χ1) is 7.63. The zero-order valence-electron chi connectivity index (χ0n) is 9.35. The van der Waals surface area contributed by atoms with Gasteiger partial charge in [-0.2, -0.15) is 0 Å². The Bertz CT molecular complexity index is 355. The Morgan fingerprint density at radius 2 is 2.31 bits per heavy atom. The van der Waals surface area contributed by atoms with Crippen LogP contribution in [0.25, 0.3) is 0 Å². The van der Waals surface area contributed by atoms with Crippen molar-refractivity contribution in [3.8, 4) is 5.88 Å². The van der Waals surface area contributed by atoms with Crippen LogP contribution in [0.2, 0.25) is 0 Å². The highest BCUT2D eigenvalue weighted by Crippen LogP contribution is 2.09. The van der Waals surface area contributed by atoms with Gasteiger partial charge in [0.1, 0.15) is 0 Å². The fraction of sp³-hybridized carbons (Fsp3) is 0.455. The van der Waals surface area contributed by atoms with Crippen molar-refractivity contribution in [2.24, 2.45) is 11.5 Å². The van der Waals surface area contributed by atoms with Gasteiger partial charge in [-0.15, -0.1) is 0 Å². The fourth-order valence-electron chi connectivity index (χ4n) is 1.36. The van der Waals surface area contributed by atoms with Crippen LogP contribution in [0.1, 0.15) is 18.5 Å². The molecule has 0 saturated carbocycles. The van der Waals surface area contributed by atoms with Gasteiger partial charge in [0.2, 0.25) is 11.8 Å². The van der Waals surface area contributed by atoms with Gasteiger partial charge >= 0.3 is 0 Å². The molecule has 0 fully saturated rings. The topological polar surface area (TPSA) is 91.2 Å². The molecule has 4 N–H and O–H groups in total. The van der Waals surface area contributed by atoms with E-state index in [1.807, 2.05) is 12.1 Å². The summed E-state index contributed by atoms with van der Waals surface area (Å²) in [7, 11) is 1.58. The maximum absolute atomic E-state index is 10.7. The number of nitrogens with two attached hydrogens (primary N) is 2. The van der Waals surface area contributed by atoms with E-state index in [4.69, 9.17) is 16.2 Å². The third kappa shape index (κ3) is 3.86. The molecule has 1 aromatic rings. The van der Waals surface area contributed by atoms with Crippen LogP contribution < -0.4 is 16.2 Å². The average molecular weight is 223 g/mol. The summed E-state index contributed by atoms with van der Waals surface area (Å²) >= 11 is 0. The van der Waals surface area contributed by atoms with E-state index >= 15 is 0 Å². The molecule has 1 heterocycles. The second-order valence-corrected chi connectivity index (χ2v) is 3.57. The highest BCUT2D eigenvalue weighted by Gasteiger charge is 2.08. The maximum Gasteiger partial charge on any atom is 0.234 e. The minimum atomic E-state index is -0.564. The predicted molar refractivity (Wildman–Crippen MR) is 60.9 cm³/mol. The van der Waals surface area contributed by atoms with Crippen LogP contribution in [0.5, 0.6) is 5.88 Å². The number of hydrogen-bond acceptors (Lipinski definition) is 4. The van der Waals surface area contributed by atoms with Crippen LogP contribution in [-0.4, -0.2) is 24.0 Å². The summed E-state index contributed by atoms with van der Waals surface area (Å²) in [6, 6.07) is 5.03. The Balaban J connectivity index is 2.39. The van der Waals surface area contributed by atoms with Crippen molar-refractivity contribution in [2.45, 2.75) is 25.3 Å². The molecule has 5 heteroatoms. The van der Waals surface area contributed by atoms with Crippen LogP contribution in [0.15, 0.2) is 18.2 Å². The predicted octanol–water partition coefficient (Wildman–Crippen LogP) is 0.226. The molecule has 1 atom stereocenters. The van der Waals surface area contributed by atoms with Gasteiger partial charge < -0.3 is 16.2 Å². The van der Waals surface area contributed by atoms with E-state index in [1.165, 1.54) is 0 Å². The molecule has 5 nitrogen and oxygen atoms in total. The van der Waals surface area contributed by atoms with Crippen molar-refractivity contribution in [3.05, 3.63) is 23.9 Å². The number of primary amides is 1. The van der Waals surface area contributed by atoms with Crippen LogP contribution in [-0.2, 0) is 11.2 Å². The molecule has 0 aliphatic carbocycles. The smallest absolute Gasteiger partial charge is 0.234 e. The number of pyridine rings is 1. The Kier molecular flexibility index (Phi) is 4.72. The summed E-state index contributed by atoms with van der Waals surface area (Å²) in [5.41, 5.74) is 11.5. The molecular weight excluding hydrogens is 206 g/mol. The van der Waals surface area contributed by atoms with Crippen molar-refractivity contribution in [1.82, 2.24) is 4.98 Å². The SMILES string of the molecule is COc1cccc(CCCC(N)C(N)=O)n1. The van der Waals surface area contributed by atoms with E-state index in [1.54, 1.807) is 13.2 Å². The Labute approximate surface area is 94.8 Å². The number of nitrogens with zero attached hydrogens (tertiary/aromatic N) is 1. The lowest BCUT2D eigenvalue weighted by Crippen LogP contribution is -2.36. The van der Waals surface area contributed by atoms with E-state index in [2.05, 4.69) is 4.98 Å². The first-order valence-electron chi connectivity index (χ1n) is 5.18. The number of amides is 1. The molecule has 0 aliphatic heterocycles. The van der Waals surface area contributed by atoms with Crippen molar-refractivity contribution in [3.63, 3.8) is 0 Å². The van der Waals surface area contributed by atoms with E-state index in [9.17, 15) is 4.79 Å². The minimum Gasteiger partial charge on any atom is -0.481 e. The Hall–Kier alpha value is -1.62. The second kappa shape index (κ2) is 6.07. The summed E-state index contributed by atoms with van der Waals surface area (Å²) in [5.74, 6) is 0.135. The van der Waals surface area contributed by atoms with Gasteiger partial charge in [-0.3, -0.25) is 4.79 Å². The van der Waals surface area contributed by atoms with Crippen molar-refractivity contribution >= 4 is 5.91 Å². The van der Waals surface area contributed by atoms with E-state index in [0.29, 0.717) is 12.3 Å². The number of aromatic nitrogens is 1. The van der Waals surface area contributed by atoms with Crippen LogP contribution in [0.3, 0.4) is 0 Å². The number of hydrogen-bond donors (Lipinski definition) is 2. The minimum absolute atomic E-state index is 0.460. The monoisotopic (exact) mass is 223 g/mol. The molecule has 0 bridgehead atoms. The van der Waals surface area contributed by atoms with Crippen molar-refractivity contribution in [2.75, 3.05) is 7.11 Å². The number of rotatable bonds is 6. The standard InChI is InChI=1S/C11H17N3O2/c1-16-10-7-3-5-8(14-10)4-2-6-9(12)11(13)15/h3,5,7,9H,2,4,6,12H2,1H3,(H2,13,15). The Morgan fingerprint density at radius 3 is 2.94 bits per heavy atom. The maximum atomic E-state index is 10.7. The van der Waals surface area contributed by atoms with Gasteiger partial charge in [-0.05, 0) is 25.3 Å². The molecule has 1 amide bonds. The average Bonchev–Trinajstić information content (AvgIpc) is 2.29. The third-order valence-electron chi connectivity index (χ3n) is 2.30. The normalized spacial score (nSPS) is 12.1. The van der Waals surface area contributed by atoms with Gasteiger partial charge in [0, 0.05) is 11.8 Å². The molecule has 0 aromatic carbocycles. The molecule has 16 heavy (non-hydrogen) atoms. The first-order valence-corrected chi connectivity index (χ1v) is 5.18. The summed E-state index contributed by atoms with van der Waals surface area (Å²) in [6.45, 7) is 0. The number of methoxy groups -OCH3 is 1. The van der Waals surface area contributed by atoms with E-state index in [0.717, 1.165) is 18.5 Å².